The number of benzene rings is 1. The van der Waals surface area contributed by atoms with E-state index in [1.807, 2.05) is 23.1 Å². The normalized spacial score (nSPS) is 23.1. The number of hydrogen-bond donors (Lipinski definition) is 0. The van der Waals surface area contributed by atoms with E-state index in [2.05, 4.69) is 6.07 Å². The number of nitrogens with zero attached hydrogens (tertiary/aromatic N) is 1. The van der Waals surface area contributed by atoms with Crippen molar-refractivity contribution in [3.63, 3.8) is 0 Å². The van der Waals surface area contributed by atoms with Gasteiger partial charge in [-0.1, -0.05) is 18.2 Å². The van der Waals surface area contributed by atoms with E-state index in [9.17, 15) is 4.79 Å². The number of para-hydroxylation sites is 1. The summed E-state index contributed by atoms with van der Waals surface area (Å²) in [5.74, 6) is 2.42. The summed E-state index contributed by atoms with van der Waals surface area (Å²) < 4.78 is 5.72. The smallest absolute Gasteiger partial charge is 0.229 e. The lowest BCUT2D eigenvalue weighted by atomic mass is 9.93. The molecule has 1 aromatic rings. The summed E-state index contributed by atoms with van der Waals surface area (Å²) >= 11 is 5.89. The minimum atomic E-state index is -0.0301. The quantitative estimate of drug-likeness (QED) is 0.785. The van der Waals surface area contributed by atoms with E-state index in [1.54, 1.807) is 0 Å². The van der Waals surface area contributed by atoms with Gasteiger partial charge in [0.1, 0.15) is 12.4 Å². The third kappa shape index (κ3) is 2.78. The highest BCUT2D eigenvalue weighted by molar-refractivity contribution is 6.18. The molecule has 3 rings (SSSR count). The molecule has 2 heterocycles. The van der Waals surface area contributed by atoms with Crippen molar-refractivity contribution in [2.24, 2.45) is 11.8 Å². The van der Waals surface area contributed by atoms with Crippen LogP contribution < -0.4 is 4.74 Å². The molecule has 1 amide bonds. The second-order valence-electron chi connectivity index (χ2n) is 5.74. The zero-order valence-corrected chi connectivity index (χ0v) is 12.3. The highest BCUT2D eigenvalue weighted by Crippen LogP contribution is 2.28. The van der Waals surface area contributed by atoms with Crippen LogP contribution >= 0.6 is 11.6 Å². The van der Waals surface area contributed by atoms with E-state index >= 15 is 0 Å². The van der Waals surface area contributed by atoms with Gasteiger partial charge < -0.3 is 9.64 Å². The fourth-order valence-electron chi connectivity index (χ4n) is 3.05. The first-order chi connectivity index (χ1) is 9.78. The van der Waals surface area contributed by atoms with Crippen molar-refractivity contribution in [3.05, 3.63) is 29.8 Å². The number of ether oxygens (including phenoxy) is 1. The predicted octanol–water partition coefficient (Wildman–Crippen LogP) is 2.72. The van der Waals surface area contributed by atoms with Gasteiger partial charge in [-0.25, -0.2) is 0 Å². The van der Waals surface area contributed by atoms with Crippen molar-refractivity contribution in [1.82, 2.24) is 4.90 Å². The number of rotatable bonds is 2. The first kappa shape index (κ1) is 13.7. The monoisotopic (exact) mass is 293 g/mol. The molecule has 0 N–H and O–H groups in total. The van der Waals surface area contributed by atoms with Crippen molar-refractivity contribution < 1.29 is 9.53 Å². The van der Waals surface area contributed by atoms with Crippen molar-refractivity contribution in [1.29, 1.82) is 0 Å². The van der Waals surface area contributed by atoms with Crippen LogP contribution in [-0.2, 0) is 11.2 Å². The molecule has 1 fully saturated rings. The molecule has 1 saturated heterocycles. The molecule has 20 heavy (non-hydrogen) atoms. The Balaban J connectivity index is 1.62. The number of halogens is 1. The fourth-order valence-corrected chi connectivity index (χ4v) is 3.36. The number of piperidine rings is 1. The molecule has 1 aromatic carbocycles. The minimum absolute atomic E-state index is 0.0301. The molecule has 2 aliphatic rings. The van der Waals surface area contributed by atoms with Gasteiger partial charge in [-0.05, 0) is 36.8 Å². The van der Waals surface area contributed by atoms with Gasteiger partial charge in [0.25, 0.3) is 0 Å². The molecule has 0 bridgehead atoms. The average molecular weight is 294 g/mol. The van der Waals surface area contributed by atoms with Gasteiger partial charge in [0.2, 0.25) is 5.91 Å². The van der Waals surface area contributed by atoms with Crippen LogP contribution in [0.25, 0.3) is 0 Å². The SMILES string of the molecule is O=C(C1COc2ccccc2C1)N1CCC(CCl)CC1. The van der Waals surface area contributed by atoms with Gasteiger partial charge in [-0.2, -0.15) is 0 Å². The van der Waals surface area contributed by atoms with Gasteiger partial charge in [-0.3, -0.25) is 4.79 Å². The lowest BCUT2D eigenvalue weighted by Crippen LogP contribution is -2.44. The van der Waals surface area contributed by atoms with Crippen LogP contribution in [0.1, 0.15) is 18.4 Å². The largest absolute Gasteiger partial charge is 0.492 e. The Morgan fingerprint density at radius 1 is 1.30 bits per heavy atom. The van der Waals surface area contributed by atoms with Gasteiger partial charge in [0, 0.05) is 19.0 Å². The maximum atomic E-state index is 12.6. The third-order valence-electron chi connectivity index (χ3n) is 4.37. The number of amides is 1. The Morgan fingerprint density at radius 2 is 2.05 bits per heavy atom. The molecule has 4 heteroatoms. The summed E-state index contributed by atoms with van der Waals surface area (Å²) in [5, 5.41) is 0. The zero-order chi connectivity index (χ0) is 13.9. The maximum absolute atomic E-state index is 12.6. The number of hydrogen-bond acceptors (Lipinski definition) is 2. The Labute approximate surface area is 124 Å². The Kier molecular flexibility index (Phi) is 4.16. The molecule has 108 valence electrons. The summed E-state index contributed by atoms with van der Waals surface area (Å²) in [4.78, 5) is 14.6. The fraction of sp³-hybridized carbons (Fsp3) is 0.562. The highest BCUT2D eigenvalue weighted by Gasteiger charge is 2.31. The van der Waals surface area contributed by atoms with Gasteiger partial charge in [0.05, 0.1) is 5.92 Å². The van der Waals surface area contributed by atoms with Crippen molar-refractivity contribution in [3.8, 4) is 5.75 Å². The number of carbonyl (C=O) groups is 1. The Bertz CT molecular complexity index is 483. The maximum Gasteiger partial charge on any atom is 0.229 e. The van der Waals surface area contributed by atoms with E-state index in [4.69, 9.17) is 16.3 Å². The number of fused-ring (bicyclic) bond motifs is 1. The minimum Gasteiger partial charge on any atom is -0.492 e. The van der Waals surface area contributed by atoms with E-state index < -0.39 is 0 Å². The van der Waals surface area contributed by atoms with Gasteiger partial charge >= 0.3 is 0 Å². The lowest BCUT2D eigenvalue weighted by molar-refractivity contribution is -0.138. The summed E-state index contributed by atoms with van der Waals surface area (Å²) in [6, 6.07) is 8.00. The molecule has 0 radical (unpaired) electrons. The van der Waals surface area contributed by atoms with E-state index in [0.717, 1.165) is 43.7 Å². The van der Waals surface area contributed by atoms with Crippen LogP contribution in [-0.4, -0.2) is 36.4 Å². The molecule has 0 aliphatic carbocycles. The Morgan fingerprint density at radius 3 is 2.80 bits per heavy atom. The van der Waals surface area contributed by atoms with Crippen LogP contribution in [0.3, 0.4) is 0 Å². The predicted molar refractivity (Wildman–Crippen MR) is 79.2 cm³/mol. The summed E-state index contributed by atoms with van der Waals surface area (Å²) in [5.41, 5.74) is 1.15. The zero-order valence-electron chi connectivity index (χ0n) is 11.6. The third-order valence-corrected chi connectivity index (χ3v) is 4.81. The molecule has 1 unspecified atom stereocenters. The van der Waals surface area contributed by atoms with Gasteiger partial charge in [0.15, 0.2) is 0 Å². The topological polar surface area (TPSA) is 29.5 Å². The lowest BCUT2D eigenvalue weighted by Gasteiger charge is -2.35. The molecule has 2 aliphatic heterocycles. The van der Waals surface area contributed by atoms with Crippen LogP contribution in [0, 0.1) is 11.8 Å². The molecule has 1 atom stereocenters. The first-order valence-electron chi connectivity index (χ1n) is 7.33. The number of alkyl halides is 1. The molecule has 0 spiro atoms. The van der Waals surface area contributed by atoms with E-state index in [0.29, 0.717) is 18.4 Å². The van der Waals surface area contributed by atoms with Crippen molar-refractivity contribution >= 4 is 17.5 Å². The summed E-state index contributed by atoms with van der Waals surface area (Å²) in [7, 11) is 0. The van der Waals surface area contributed by atoms with Crippen molar-refractivity contribution in [2.45, 2.75) is 19.3 Å². The number of likely N-dealkylation sites (tertiary alicyclic amines) is 1. The molecule has 0 aromatic heterocycles. The van der Waals surface area contributed by atoms with Crippen LogP contribution in [0.5, 0.6) is 5.75 Å². The molecule has 0 saturated carbocycles. The molecule has 3 nitrogen and oxygen atoms in total. The average Bonchev–Trinajstić information content (AvgIpc) is 2.54. The summed E-state index contributed by atoms with van der Waals surface area (Å²) in [6.07, 6.45) is 2.85. The van der Waals surface area contributed by atoms with Gasteiger partial charge in [-0.15, -0.1) is 11.6 Å². The second-order valence-corrected chi connectivity index (χ2v) is 6.05. The Hall–Kier alpha value is -1.22. The molecular formula is C16H20ClNO2. The standard InChI is InChI=1S/C16H20ClNO2/c17-10-12-5-7-18(8-6-12)16(19)14-9-13-3-1-2-4-15(13)20-11-14/h1-4,12,14H,5-11H2. The van der Waals surface area contributed by atoms with E-state index in [-0.39, 0.29) is 11.8 Å². The van der Waals surface area contributed by atoms with Crippen LogP contribution in [0.15, 0.2) is 24.3 Å². The highest BCUT2D eigenvalue weighted by atomic mass is 35.5. The van der Waals surface area contributed by atoms with Crippen molar-refractivity contribution in [2.75, 3.05) is 25.6 Å². The van der Waals surface area contributed by atoms with E-state index in [1.165, 1.54) is 0 Å². The van der Waals surface area contributed by atoms with Crippen LogP contribution in [0.4, 0.5) is 0 Å². The number of carbonyl (C=O) groups excluding carboxylic acids is 1. The second kappa shape index (κ2) is 6.04. The van der Waals surface area contributed by atoms with Crippen LogP contribution in [0.2, 0.25) is 0 Å². The molecular weight excluding hydrogens is 274 g/mol. The first-order valence-corrected chi connectivity index (χ1v) is 7.87. The summed E-state index contributed by atoms with van der Waals surface area (Å²) in [6.45, 7) is 2.19.